The summed E-state index contributed by atoms with van der Waals surface area (Å²) in [6.07, 6.45) is 0.824. The molecule has 32 heavy (non-hydrogen) atoms. The van der Waals surface area contributed by atoms with Gasteiger partial charge in [-0.25, -0.2) is 0 Å². The minimum absolute atomic E-state index is 0.162. The number of rotatable bonds is 9. The largest absolute Gasteiger partial charge is 0.481 e. The maximum absolute atomic E-state index is 13.3. The van der Waals surface area contributed by atoms with Crippen LogP contribution in [0, 0.1) is 21.7 Å². The zero-order valence-corrected chi connectivity index (χ0v) is 20.3. The van der Waals surface area contributed by atoms with Crippen LogP contribution in [0.5, 0.6) is 0 Å². The number of carboxylic acid groups (broad SMARTS) is 2. The molecule has 0 amide bonds. The van der Waals surface area contributed by atoms with Gasteiger partial charge in [-0.1, -0.05) is 102 Å². The van der Waals surface area contributed by atoms with Gasteiger partial charge in [0.05, 0.1) is 10.8 Å². The van der Waals surface area contributed by atoms with E-state index in [9.17, 15) is 19.8 Å². The lowest BCUT2D eigenvalue weighted by Gasteiger charge is -2.50. The minimum Gasteiger partial charge on any atom is -0.481 e. The average molecular weight is 439 g/mol. The van der Waals surface area contributed by atoms with E-state index in [1.807, 2.05) is 102 Å². The summed E-state index contributed by atoms with van der Waals surface area (Å²) in [4.78, 5) is 26.5. The van der Waals surface area contributed by atoms with Crippen LogP contribution in [0.2, 0.25) is 0 Å². The Morgan fingerprint density at radius 1 is 0.594 bits per heavy atom. The molecule has 0 aromatic heterocycles. The standard InChI is InChI=1S/C28H38O4/c1-25(2,3)19-27(23(29)30,17-21-13-9-7-10-14-21)28(24(31)32,20-26(4,5)6)18-22-15-11-8-12-16-22/h7-16H,17-20H2,1-6H3,(H,29,30)(H,31,32). The predicted octanol–water partition coefficient (Wildman–Crippen LogP) is 6.49. The molecule has 0 heterocycles. The Hall–Kier alpha value is -2.62. The van der Waals surface area contributed by atoms with Crippen LogP contribution in [0.3, 0.4) is 0 Å². The van der Waals surface area contributed by atoms with Crippen LogP contribution >= 0.6 is 0 Å². The first kappa shape index (κ1) is 25.6. The van der Waals surface area contributed by atoms with Gasteiger partial charge in [-0.2, -0.15) is 0 Å². The summed E-state index contributed by atoms with van der Waals surface area (Å²) in [7, 11) is 0. The molecule has 2 atom stereocenters. The fraction of sp³-hybridized carbons (Fsp3) is 0.500. The maximum atomic E-state index is 13.3. The van der Waals surface area contributed by atoms with Crippen LogP contribution in [0.1, 0.15) is 65.5 Å². The van der Waals surface area contributed by atoms with E-state index >= 15 is 0 Å². The number of hydrogen-bond donors (Lipinski definition) is 2. The van der Waals surface area contributed by atoms with Crippen LogP contribution < -0.4 is 0 Å². The van der Waals surface area contributed by atoms with Crippen molar-refractivity contribution >= 4 is 11.9 Å². The topological polar surface area (TPSA) is 74.6 Å². The Bertz CT molecular complexity index is 828. The van der Waals surface area contributed by atoms with Crippen LogP contribution in [0.25, 0.3) is 0 Å². The molecule has 4 nitrogen and oxygen atoms in total. The van der Waals surface area contributed by atoms with Gasteiger partial charge in [-0.3, -0.25) is 9.59 Å². The zero-order chi connectivity index (χ0) is 24.2. The molecule has 0 saturated carbocycles. The van der Waals surface area contributed by atoms with E-state index in [2.05, 4.69) is 0 Å². The second-order valence-electron chi connectivity index (χ2n) is 11.6. The molecule has 0 radical (unpaired) electrons. The number of carboxylic acids is 2. The highest BCUT2D eigenvalue weighted by atomic mass is 16.4. The van der Waals surface area contributed by atoms with E-state index in [-0.39, 0.29) is 36.5 Å². The third-order valence-corrected chi connectivity index (χ3v) is 6.10. The van der Waals surface area contributed by atoms with Crippen molar-refractivity contribution in [3.8, 4) is 0 Å². The number of hydrogen-bond acceptors (Lipinski definition) is 2. The molecule has 0 bridgehead atoms. The summed E-state index contributed by atoms with van der Waals surface area (Å²) in [5.74, 6) is -2.09. The van der Waals surface area contributed by atoms with Gasteiger partial charge in [-0.15, -0.1) is 0 Å². The molecule has 174 valence electrons. The van der Waals surface area contributed by atoms with Crippen molar-refractivity contribution in [1.82, 2.24) is 0 Å². The molecule has 0 saturated heterocycles. The molecular weight excluding hydrogens is 400 g/mol. The van der Waals surface area contributed by atoms with E-state index in [4.69, 9.17) is 0 Å². The molecular formula is C28H38O4. The first-order chi connectivity index (χ1) is 14.7. The van der Waals surface area contributed by atoms with Crippen molar-refractivity contribution in [3.63, 3.8) is 0 Å². The van der Waals surface area contributed by atoms with E-state index in [1.165, 1.54) is 0 Å². The summed E-state index contributed by atoms with van der Waals surface area (Å²) in [5.41, 5.74) is -2.09. The SMILES string of the molecule is CC(C)(C)CC(Cc1ccccc1)(C(=O)O)C(Cc1ccccc1)(CC(C)(C)C)C(=O)O. The molecule has 2 aromatic rings. The highest BCUT2D eigenvalue weighted by molar-refractivity contribution is 5.87. The lowest BCUT2D eigenvalue weighted by Crippen LogP contribution is -2.58. The molecule has 0 aliphatic heterocycles. The molecule has 2 unspecified atom stereocenters. The number of carbonyl (C=O) groups is 2. The van der Waals surface area contributed by atoms with Crippen molar-refractivity contribution in [3.05, 3.63) is 71.8 Å². The summed E-state index contributed by atoms with van der Waals surface area (Å²) in [6.45, 7) is 11.9. The summed E-state index contributed by atoms with van der Waals surface area (Å²) in [6, 6.07) is 18.9. The molecule has 4 heteroatoms. The van der Waals surface area contributed by atoms with Gasteiger partial charge in [0.1, 0.15) is 0 Å². The lowest BCUT2D eigenvalue weighted by molar-refractivity contribution is -0.181. The predicted molar refractivity (Wildman–Crippen MR) is 129 cm³/mol. The summed E-state index contributed by atoms with van der Waals surface area (Å²) < 4.78 is 0. The summed E-state index contributed by atoms with van der Waals surface area (Å²) in [5, 5.41) is 21.7. The Labute approximate surface area is 192 Å². The van der Waals surface area contributed by atoms with Crippen LogP contribution in [-0.4, -0.2) is 22.2 Å². The highest BCUT2D eigenvalue weighted by Gasteiger charge is 2.62. The second-order valence-corrected chi connectivity index (χ2v) is 11.6. The average Bonchev–Trinajstić information content (AvgIpc) is 2.66. The van der Waals surface area contributed by atoms with Crippen molar-refractivity contribution in [1.29, 1.82) is 0 Å². The highest BCUT2D eigenvalue weighted by Crippen LogP contribution is 2.56. The van der Waals surface area contributed by atoms with Crippen LogP contribution in [0.15, 0.2) is 60.7 Å². The van der Waals surface area contributed by atoms with Crippen LogP contribution in [0.4, 0.5) is 0 Å². The first-order valence-corrected chi connectivity index (χ1v) is 11.3. The van der Waals surface area contributed by atoms with E-state index < -0.39 is 22.8 Å². The molecule has 2 aromatic carbocycles. The van der Waals surface area contributed by atoms with Crippen LogP contribution in [-0.2, 0) is 22.4 Å². The zero-order valence-electron chi connectivity index (χ0n) is 20.3. The van der Waals surface area contributed by atoms with Gasteiger partial charge in [-0.05, 0) is 47.6 Å². The third kappa shape index (κ3) is 5.99. The fourth-order valence-electron chi connectivity index (χ4n) is 5.21. The van der Waals surface area contributed by atoms with Crippen molar-refractivity contribution in [2.24, 2.45) is 21.7 Å². The van der Waals surface area contributed by atoms with E-state index in [0.717, 1.165) is 11.1 Å². The van der Waals surface area contributed by atoms with Crippen molar-refractivity contribution < 1.29 is 19.8 Å². The third-order valence-electron chi connectivity index (χ3n) is 6.10. The van der Waals surface area contributed by atoms with Gasteiger partial charge in [0.2, 0.25) is 0 Å². The monoisotopic (exact) mass is 438 g/mol. The minimum atomic E-state index is -1.50. The van der Waals surface area contributed by atoms with Crippen molar-refractivity contribution in [2.45, 2.75) is 67.2 Å². The second kappa shape index (κ2) is 9.48. The Morgan fingerprint density at radius 3 is 1.09 bits per heavy atom. The van der Waals surface area contributed by atoms with E-state index in [1.54, 1.807) is 0 Å². The fourth-order valence-corrected chi connectivity index (χ4v) is 5.21. The number of aliphatic carboxylic acids is 2. The lowest BCUT2D eigenvalue weighted by atomic mass is 9.50. The van der Waals surface area contributed by atoms with Gasteiger partial charge < -0.3 is 10.2 Å². The van der Waals surface area contributed by atoms with Crippen molar-refractivity contribution in [2.75, 3.05) is 0 Å². The van der Waals surface area contributed by atoms with Gasteiger partial charge in [0, 0.05) is 0 Å². The molecule has 0 aliphatic carbocycles. The smallest absolute Gasteiger partial charge is 0.311 e. The Kier molecular flexibility index (Phi) is 7.59. The van der Waals surface area contributed by atoms with Gasteiger partial charge in [0.25, 0.3) is 0 Å². The molecule has 0 aliphatic rings. The Morgan fingerprint density at radius 2 is 0.875 bits per heavy atom. The molecule has 2 N–H and O–H groups in total. The van der Waals surface area contributed by atoms with Gasteiger partial charge >= 0.3 is 11.9 Å². The number of benzene rings is 2. The molecule has 0 spiro atoms. The first-order valence-electron chi connectivity index (χ1n) is 11.3. The normalized spacial score (nSPS) is 16.1. The Balaban J connectivity index is 2.87. The molecule has 2 rings (SSSR count). The van der Waals surface area contributed by atoms with E-state index in [0.29, 0.717) is 0 Å². The quantitative estimate of drug-likeness (QED) is 0.469. The van der Waals surface area contributed by atoms with Gasteiger partial charge in [0.15, 0.2) is 0 Å². The maximum Gasteiger partial charge on any atom is 0.311 e. The summed E-state index contributed by atoms with van der Waals surface area (Å²) >= 11 is 0. The molecule has 0 fully saturated rings.